The van der Waals surface area contributed by atoms with Gasteiger partial charge in [-0.1, -0.05) is 54.6 Å². The smallest absolute Gasteiger partial charge is 0.240 e. The average Bonchev–Trinajstić information content (AvgIpc) is 3.17. The summed E-state index contributed by atoms with van der Waals surface area (Å²) in [5.41, 5.74) is 4.98. The average molecular weight is 444 g/mol. The van der Waals surface area contributed by atoms with Crippen molar-refractivity contribution in [2.45, 2.75) is 36.7 Å². The van der Waals surface area contributed by atoms with Gasteiger partial charge in [0.1, 0.15) is 11.0 Å². The maximum atomic E-state index is 13.2. The van der Waals surface area contributed by atoms with Crippen LogP contribution < -0.4 is 15.5 Å². The predicted octanol–water partition coefficient (Wildman–Crippen LogP) is 4.29. The van der Waals surface area contributed by atoms with E-state index in [0.717, 1.165) is 23.6 Å². The monoisotopic (exact) mass is 443 g/mol. The molecule has 0 radical (unpaired) electrons. The number of carbonyl (C=O) groups is 1. The first kappa shape index (κ1) is 20.6. The van der Waals surface area contributed by atoms with E-state index in [4.69, 9.17) is 16.3 Å². The van der Waals surface area contributed by atoms with E-state index in [1.54, 1.807) is 12.1 Å². The summed E-state index contributed by atoms with van der Waals surface area (Å²) in [6.07, 6.45) is 0.729. The lowest BCUT2D eigenvalue weighted by Gasteiger charge is -2.33. The fraction of sp³-hybridized carbons (Fsp3) is 0.286. The number of thioether (sulfide) groups is 1. The number of rotatable bonds is 6. The Hall–Kier alpha value is -2.71. The molecule has 0 fully saturated rings. The minimum Gasteiger partial charge on any atom is -0.494 e. The van der Waals surface area contributed by atoms with Crippen molar-refractivity contribution in [3.8, 4) is 5.75 Å². The molecule has 0 bridgehead atoms. The third-order valence-corrected chi connectivity index (χ3v) is 6.31. The Morgan fingerprint density at radius 2 is 1.97 bits per heavy atom. The number of fused-ring (bicyclic) bond motifs is 1. The molecule has 2 atom stereocenters. The molecule has 1 aliphatic rings. The third kappa shape index (κ3) is 4.11. The van der Waals surface area contributed by atoms with E-state index in [-0.39, 0.29) is 11.9 Å². The Balaban J connectivity index is 1.66. The molecule has 0 saturated carbocycles. The standard InChI is InChI=1S/C21H22ClN5O2S/c1-3-17-24-25-21-27(17)26-18(13-9-11-14(12-10-13)29-4-2)19(30-21)20(28)23-16-8-6-5-7-15(16)22/h5-12,18-19,26H,3-4H2,1-2H3,(H,23,28)/t18-,19+/m0/s1. The summed E-state index contributed by atoms with van der Waals surface area (Å²) in [6.45, 7) is 4.57. The van der Waals surface area contributed by atoms with Crippen molar-refractivity contribution in [2.75, 3.05) is 17.3 Å². The molecule has 7 nitrogen and oxygen atoms in total. The Morgan fingerprint density at radius 1 is 1.20 bits per heavy atom. The van der Waals surface area contributed by atoms with Crippen LogP contribution in [0.5, 0.6) is 5.75 Å². The van der Waals surface area contributed by atoms with Gasteiger partial charge in [0, 0.05) is 6.42 Å². The normalized spacial score (nSPS) is 17.7. The molecule has 2 aromatic carbocycles. The van der Waals surface area contributed by atoms with Gasteiger partial charge in [-0.25, -0.2) is 4.68 Å². The molecule has 9 heteroatoms. The van der Waals surface area contributed by atoms with E-state index in [9.17, 15) is 4.79 Å². The second-order valence-electron chi connectivity index (χ2n) is 6.70. The number of carbonyl (C=O) groups excluding carboxylic acids is 1. The second kappa shape index (κ2) is 8.97. The molecule has 30 heavy (non-hydrogen) atoms. The van der Waals surface area contributed by atoms with Gasteiger partial charge < -0.3 is 15.5 Å². The predicted molar refractivity (Wildman–Crippen MR) is 119 cm³/mol. The van der Waals surface area contributed by atoms with Crippen molar-refractivity contribution in [3.63, 3.8) is 0 Å². The van der Waals surface area contributed by atoms with Gasteiger partial charge in [0.05, 0.1) is 23.4 Å². The Labute approximate surface area is 184 Å². The lowest BCUT2D eigenvalue weighted by Crippen LogP contribution is -2.41. The highest BCUT2D eigenvalue weighted by Gasteiger charge is 2.37. The van der Waals surface area contributed by atoms with E-state index in [0.29, 0.717) is 22.5 Å². The van der Waals surface area contributed by atoms with Crippen LogP contribution in [0.1, 0.15) is 31.3 Å². The zero-order chi connectivity index (χ0) is 21.1. The number of hydrogen-bond acceptors (Lipinski definition) is 6. The van der Waals surface area contributed by atoms with Crippen LogP contribution >= 0.6 is 23.4 Å². The first-order chi connectivity index (χ1) is 14.6. The fourth-order valence-corrected chi connectivity index (χ4v) is 4.56. The van der Waals surface area contributed by atoms with Gasteiger partial charge in [0.25, 0.3) is 0 Å². The molecule has 0 aliphatic carbocycles. The molecule has 2 N–H and O–H groups in total. The maximum absolute atomic E-state index is 13.2. The van der Waals surface area contributed by atoms with Crippen LogP contribution in [0.3, 0.4) is 0 Å². The van der Waals surface area contributed by atoms with Crippen LogP contribution in [0, 0.1) is 0 Å². The number of para-hydroxylation sites is 1. The summed E-state index contributed by atoms with van der Waals surface area (Å²) in [4.78, 5) is 13.2. The lowest BCUT2D eigenvalue weighted by atomic mass is 10.0. The molecule has 2 heterocycles. The number of halogens is 1. The van der Waals surface area contributed by atoms with Crippen molar-refractivity contribution >= 4 is 35.0 Å². The number of ether oxygens (including phenoxy) is 1. The van der Waals surface area contributed by atoms with E-state index in [2.05, 4.69) is 20.9 Å². The minimum absolute atomic E-state index is 0.160. The van der Waals surface area contributed by atoms with E-state index in [1.165, 1.54) is 11.8 Å². The highest BCUT2D eigenvalue weighted by Crippen LogP contribution is 2.38. The highest BCUT2D eigenvalue weighted by molar-refractivity contribution is 8.00. The van der Waals surface area contributed by atoms with Gasteiger partial charge in [0.15, 0.2) is 5.82 Å². The number of anilines is 1. The van der Waals surface area contributed by atoms with Crippen molar-refractivity contribution in [2.24, 2.45) is 0 Å². The van der Waals surface area contributed by atoms with Gasteiger partial charge in [-0.2, -0.15) is 0 Å². The number of aryl methyl sites for hydroxylation is 1. The van der Waals surface area contributed by atoms with Crippen LogP contribution in [0.2, 0.25) is 5.02 Å². The largest absolute Gasteiger partial charge is 0.494 e. The highest BCUT2D eigenvalue weighted by atomic mass is 35.5. The first-order valence-corrected chi connectivity index (χ1v) is 11.0. The first-order valence-electron chi connectivity index (χ1n) is 9.76. The zero-order valence-electron chi connectivity index (χ0n) is 16.6. The molecule has 4 rings (SSSR count). The quantitative estimate of drug-likeness (QED) is 0.591. The van der Waals surface area contributed by atoms with Crippen molar-refractivity contribution in [1.82, 2.24) is 14.9 Å². The van der Waals surface area contributed by atoms with E-state index in [1.807, 2.05) is 54.9 Å². The topological polar surface area (TPSA) is 81.1 Å². The van der Waals surface area contributed by atoms with Crippen molar-refractivity contribution in [1.29, 1.82) is 0 Å². The summed E-state index contributed by atoms with van der Waals surface area (Å²) >= 11 is 7.62. The Morgan fingerprint density at radius 3 is 2.67 bits per heavy atom. The van der Waals surface area contributed by atoms with Crippen molar-refractivity contribution < 1.29 is 9.53 Å². The second-order valence-corrected chi connectivity index (χ2v) is 8.22. The SMILES string of the molecule is CCOc1ccc([C@@H]2Nn3c(CC)nnc3S[C@H]2C(=O)Nc2ccccc2Cl)cc1. The molecule has 1 aliphatic heterocycles. The number of hydrogen-bond donors (Lipinski definition) is 2. The molecule has 0 saturated heterocycles. The zero-order valence-corrected chi connectivity index (χ0v) is 18.2. The number of amides is 1. The van der Waals surface area contributed by atoms with Crippen LogP contribution in [0.15, 0.2) is 53.7 Å². The van der Waals surface area contributed by atoms with Gasteiger partial charge in [-0.15, -0.1) is 10.2 Å². The molecular formula is C21H22ClN5O2S. The molecule has 156 valence electrons. The van der Waals surface area contributed by atoms with E-state index >= 15 is 0 Å². The van der Waals surface area contributed by atoms with Crippen molar-refractivity contribution in [3.05, 3.63) is 64.9 Å². The fourth-order valence-electron chi connectivity index (χ4n) is 3.28. The number of benzene rings is 2. The minimum atomic E-state index is -0.472. The van der Waals surface area contributed by atoms with Gasteiger partial charge in [-0.3, -0.25) is 4.79 Å². The van der Waals surface area contributed by atoms with Crippen LogP contribution in [0.4, 0.5) is 5.69 Å². The maximum Gasteiger partial charge on any atom is 0.240 e. The lowest BCUT2D eigenvalue weighted by molar-refractivity contribution is -0.116. The van der Waals surface area contributed by atoms with Crippen LogP contribution in [0.25, 0.3) is 0 Å². The number of aromatic nitrogens is 3. The summed E-state index contributed by atoms with van der Waals surface area (Å²) in [5.74, 6) is 1.45. The van der Waals surface area contributed by atoms with Gasteiger partial charge in [-0.05, 0) is 36.8 Å². The summed E-state index contributed by atoms with van der Waals surface area (Å²) in [6, 6.07) is 14.7. The molecule has 1 amide bonds. The van der Waals surface area contributed by atoms with Crippen LogP contribution in [-0.4, -0.2) is 32.6 Å². The molecule has 3 aromatic rings. The third-order valence-electron chi connectivity index (χ3n) is 4.76. The number of nitrogens with one attached hydrogen (secondary N) is 2. The number of nitrogens with zero attached hydrogens (tertiary/aromatic N) is 3. The Bertz CT molecular complexity index is 1040. The molecular weight excluding hydrogens is 422 g/mol. The Kier molecular flexibility index (Phi) is 6.15. The van der Waals surface area contributed by atoms with E-state index < -0.39 is 5.25 Å². The molecule has 1 aromatic heterocycles. The van der Waals surface area contributed by atoms with Gasteiger partial charge >= 0.3 is 0 Å². The van der Waals surface area contributed by atoms with Crippen LogP contribution in [-0.2, 0) is 11.2 Å². The molecule has 0 unspecified atom stereocenters. The molecule has 0 spiro atoms. The van der Waals surface area contributed by atoms with Gasteiger partial charge in [0.2, 0.25) is 11.1 Å². The summed E-state index contributed by atoms with van der Waals surface area (Å²) < 4.78 is 7.42. The summed E-state index contributed by atoms with van der Waals surface area (Å²) in [5, 5.41) is 12.1. The summed E-state index contributed by atoms with van der Waals surface area (Å²) in [7, 11) is 0.